The van der Waals surface area contributed by atoms with E-state index in [4.69, 9.17) is 4.74 Å². The number of hydrogen-bond acceptors (Lipinski definition) is 6. The summed E-state index contributed by atoms with van der Waals surface area (Å²) in [7, 11) is -3.97. The number of nitrogens with one attached hydrogen (secondary N) is 2. The average Bonchev–Trinajstić information content (AvgIpc) is 2.67. The summed E-state index contributed by atoms with van der Waals surface area (Å²) in [5, 5.41) is 13.7. The lowest BCUT2D eigenvalue weighted by Gasteiger charge is -2.16. The SMILES string of the molecule is Cc1ccc([N+](=O)[O-])cc1NS(=O)(=O)c1ccc(O[C@@H](C)C(=O)NCC(C)C)cc1. The normalized spacial score (nSPS) is 12.3. The number of carbonyl (C=O) groups is 1. The van der Waals surface area contributed by atoms with Crippen molar-refractivity contribution in [3.8, 4) is 5.75 Å². The van der Waals surface area contributed by atoms with Crippen LogP contribution in [0.15, 0.2) is 47.4 Å². The number of rotatable bonds is 9. The van der Waals surface area contributed by atoms with Crippen LogP contribution in [0.25, 0.3) is 0 Å². The molecule has 30 heavy (non-hydrogen) atoms. The maximum absolute atomic E-state index is 12.6. The molecule has 1 atom stereocenters. The van der Waals surface area contributed by atoms with Gasteiger partial charge in [0.1, 0.15) is 5.75 Å². The number of ether oxygens (including phenoxy) is 1. The van der Waals surface area contributed by atoms with Crippen LogP contribution in [0.3, 0.4) is 0 Å². The van der Waals surface area contributed by atoms with E-state index in [0.717, 1.165) is 0 Å². The predicted octanol–water partition coefficient (Wildman–Crippen LogP) is 3.24. The zero-order valence-electron chi connectivity index (χ0n) is 17.2. The predicted molar refractivity (Wildman–Crippen MR) is 113 cm³/mol. The molecule has 0 unspecified atom stereocenters. The third kappa shape index (κ3) is 6.18. The van der Waals surface area contributed by atoms with Crippen LogP contribution in [-0.4, -0.2) is 31.9 Å². The van der Waals surface area contributed by atoms with Crippen molar-refractivity contribution in [1.82, 2.24) is 5.32 Å². The summed E-state index contributed by atoms with van der Waals surface area (Å²) in [4.78, 5) is 22.3. The quantitative estimate of drug-likeness (QED) is 0.460. The number of sulfonamides is 1. The minimum absolute atomic E-state index is 0.0438. The van der Waals surface area contributed by atoms with Gasteiger partial charge in [0.25, 0.3) is 21.6 Å². The van der Waals surface area contributed by atoms with E-state index in [2.05, 4.69) is 10.0 Å². The molecular formula is C20H25N3O6S. The van der Waals surface area contributed by atoms with Gasteiger partial charge in [0.15, 0.2) is 6.10 Å². The number of aryl methyl sites for hydroxylation is 1. The number of anilines is 1. The summed E-state index contributed by atoms with van der Waals surface area (Å²) in [5.41, 5.74) is 0.456. The molecule has 2 aromatic rings. The Bertz CT molecular complexity index is 1020. The van der Waals surface area contributed by atoms with Gasteiger partial charge in [-0.15, -0.1) is 0 Å². The zero-order chi connectivity index (χ0) is 22.5. The summed E-state index contributed by atoms with van der Waals surface area (Å²) in [6, 6.07) is 9.51. The molecule has 0 saturated carbocycles. The molecule has 2 aromatic carbocycles. The van der Waals surface area contributed by atoms with E-state index in [1.807, 2.05) is 13.8 Å². The fraction of sp³-hybridized carbons (Fsp3) is 0.350. The van der Waals surface area contributed by atoms with Crippen molar-refractivity contribution in [2.45, 2.75) is 38.7 Å². The maximum Gasteiger partial charge on any atom is 0.271 e. The van der Waals surface area contributed by atoms with Crippen LogP contribution in [0.5, 0.6) is 5.75 Å². The number of hydrogen-bond donors (Lipinski definition) is 2. The molecule has 0 fully saturated rings. The van der Waals surface area contributed by atoms with Gasteiger partial charge in [-0.2, -0.15) is 0 Å². The van der Waals surface area contributed by atoms with Gasteiger partial charge in [-0.25, -0.2) is 8.42 Å². The van der Waals surface area contributed by atoms with Crippen LogP contribution in [-0.2, 0) is 14.8 Å². The van der Waals surface area contributed by atoms with Crippen LogP contribution >= 0.6 is 0 Å². The lowest BCUT2D eigenvalue weighted by molar-refractivity contribution is -0.384. The average molecular weight is 436 g/mol. The van der Waals surface area contributed by atoms with Gasteiger partial charge in [-0.1, -0.05) is 19.9 Å². The van der Waals surface area contributed by atoms with Gasteiger partial charge in [0, 0.05) is 18.7 Å². The second-order valence-corrected chi connectivity index (χ2v) is 8.91. The molecular weight excluding hydrogens is 410 g/mol. The fourth-order valence-electron chi connectivity index (χ4n) is 2.44. The van der Waals surface area contributed by atoms with Crippen molar-refractivity contribution in [1.29, 1.82) is 0 Å². The minimum Gasteiger partial charge on any atom is -0.481 e. The van der Waals surface area contributed by atoms with Crippen LogP contribution in [0.4, 0.5) is 11.4 Å². The van der Waals surface area contributed by atoms with Crippen LogP contribution in [0.2, 0.25) is 0 Å². The highest BCUT2D eigenvalue weighted by Crippen LogP contribution is 2.25. The van der Waals surface area contributed by atoms with Gasteiger partial charge in [-0.3, -0.25) is 19.6 Å². The smallest absolute Gasteiger partial charge is 0.271 e. The number of carbonyl (C=O) groups excluding carboxylic acids is 1. The zero-order valence-corrected chi connectivity index (χ0v) is 18.0. The second kappa shape index (κ2) is 9.57. The van der Waals surface area contributed by atoms with Crippen LogP contribution in [0, 0.1) is 23.0 Å². The molecule has 0 aliphatic carbocycles. The number of benzene rings is 2. The summed E-state index contributed by atoms with van der Waals surface area (Å²) in [6.07, 6.45) is -0.739. The number of amides is 1. The van der Waals surface area contributed by atoms with Gasteiger partial charge >= 0.3 is 0 Å². The first-order valence-electron chi connectivity index (χ1n) is 9.32. The van der Waals surface area contributed by atoms with E-state index < -0.39 is 21.1 Å². The molecule has 0 saturated heterocycles. The van der Waals surface area contributed by atoms with E-state index in [1.165, 1.54) is 42.5 Å². The Kier molecular flexibility index (Phi) is 7.38. The Morgan fingerprint density at radius 2 is 1.77 bits per heavy atom. The Labute approximate surface area is 175 Å². The Balaban J connectivity index is 2.11. The van der Waals surface area contributed by atoms with Crippen molar-refractivity contribution in [3.63, 3.8) is 0 Å². The Morgan fingerprint density at radius 3 is 2.33 bits per heavy atom. The molecule has 2 N–H and O–H groups in total. The van der Waals surface area contributed by atoms with Gasteiger partial charge in [-0.05, 0) is 49.6 Å². The number of non-ortho nitro benzene ring substituents is 1. The van der Waals surface area contributed by atoms with E-state index in [1.54, 1.807) is 13.8 Å². The monoisotopic (exact) mass is 435 g/mol. The molecule has 2 rings (SSSR count). The summed E-state index contributed by atoms with van der Waals surface area (Å²) in [5.74, 6) is 0.392. The largest absolute Gasteiger partial charge is 0.481 e. The molecule has 0 bridgehead atoms. The van der Waals surface area contributed by atoms with E-state index >= 15 is 0 Å². The number of nitro benzene ring substituents is 1. The second-order valence-electron chi connectivity index (χ2n) is 7.23. The third-order valence-corrected chi connectivity index (χ3v) is 5.56. The molecule has 0 aromatic heterocycles. The lowest BCUT2D eigenvalue weighted by atomic mass is 10.2. The minimum atomic E-state index is -3.97. The van der Waals surface area contributed by atoms with Gasteiger partial charge in [0.2, 0.25) is 0 Å². The molecule has 0 aliphatic heterocycles. The third-order valence-electron chi connectivity index (χ3n) is 4.18. The standard InChI is InChI=1S/C20H25N3O6S/c1-13(2)12-21-20(24)15(4)29-17-7-9-18(10-8-17)30(27,28)22-19-11-16(23(25)26)6-5-14(19)3/h5-11,13,15,22H,12H2,1-4H3,(H,21,24)/t15-/m0/s1. The summed E-state index contributed by atoms with van der Waals surface area (Å²) >= 11 is 0. The topological polar surface area (TPSA) is 128 Å². The maximum atomic E-state index is 12.6. The first kappa shape index (κ1) is 23.1. The highest BCUT2D eigenvalue weighted by molar-refractivity contribution is 7.92. The first-order chi connectivity index (χ1) is 14.0. The van der Waals surface area contributed by atoms with Crippen molar-refractivity contribution in [3.05, 3.63) is 58.1 Å². The molecule has 9 nitrogen and oxygen atoms in total. The molecule has 10 heteroatoms. The van der Waals surface area contributed by atoms with E-state index in [-0.39, 0.29) is 22.2 Å². The van der Waals surface area contributed by atoms with Crippen molar-refractivity contribution >= 4 is 27.3 Å². The molecule has 0 aliphatic rings. The highest BCUT2D eigenvalue weighted by Gasteiger charge is 2.19. The summed E-state index contributed by atoms with van der Waals surface area (Å²) in [6.45, 7) is 7.74. The van der Waals surface area contributed by atoms with Crippen molar-refractivity contribution in [2.75, 3.05) is 11.3 Å². The number of nitro groups is 1. The molecule has 162 valence electrons. The van der Waals surface area contributed by atoms with Gasteiger partial charge in [0.05, 0.1) is 15.5 Å². The van der Waals surface area contributed by atoms with Crippen molar-refractivity contribution in [2.24, 2.45) is 5.92 Å². The Morgan fingerprint density at radius 1 is 1.13 bits per heavy atom. The van der Waals surface area contributed by atoms with Crippen LogP contribution < -0.4 is 14.8 Å². The Hall–Kier alpha value is -3.14. The van der Waals surface area contributed by atoms with Crippen molar-refractivity contribution < 1.29 is 22.9 Å². The molecule has 0 heterocycles. The molecule has 0 radical (unpaired) electrons. The van der Waals surface area contributed by atoms with E-state index in [9.17, 15) is 23.3 Å². The first-order valence-corrected chi connectivity index (χ1v) is 10.8. The van der Waals surface area contributed by atoms with E-state index in [0.29, 0.717) is 23.8 Å². The highest BCUT2D eigenvalue weighted by atomic mass is 32.2. The molecule has 0 spiro atoms. The number of nitrogens with zero attached hydrogens (tertiary/aromatic N) is 1. The van der Waals surface area contributed by atoms with Gasteiger partial charge < -0.3 is 10.1 Å². The lowest BCUT2D eigenvalue weighted by Crippen LogP contribution is -2.38. The molecule has 1 amide bonds. The van der Waals surface area contributed by atoms with Crippen LogP contribution in [0.1, 0.15) is 26.3 Å². The fourth-order valence-corrected chi connectivity index (χ4v) is 3.56. The summed E-state index contributed by atoms with van der Waals surface area (Å²) < 4.78 is 33.2.